The Bertz CT molecular complexity index is 693. The summed E-state index contributed by atoms with van der Waals surface area (Å²) in [5.41, 5.74) is 2.53. The molecule has 0 aliphatic heterocycles. The first-order chi connectivity index (χ1) is 15.6. The van der Waals surface area contributed by atoms with Gasteiger partial charge >= 0.3 is 0 Å². The van der Waals surface area contributed by atoms with E-state index in [0.29, 0.717) is 16.7 Å². The molecule has 0 saturated heterocycles. The number of aliphatic hydroxyl groups is 1. The Morgan fingerprint density at radius 2 is 1.55 bits per heavy atom. The summed E-state index contributed by atoms with van der Waals surface area (Å²) in [5.74, 6) is 6.76. The summed E-state index contributed by atoms with van der Waals surface area (Å²) in [5, 5.41) is 11.0. The lowest BCUT2D eigenvalue weighted by atomic mass is 9.42. The molecule has 0 radical (unpaired) electrons. The van der Waals surface area contributed by atoms with E-state index in [9.17, 15) is 5.11 Å². The molecule has 0 heterocycles. The predicted octanol–water partition coefficient (Wildman–Crippen LogP) is 9.05. The number of allylic oxidation sites excluding steroid dienone is 2. The number of fused-ring (bicyclic) bond motifs is 5. The first-order valence-corrected chi connectivity index (χ1v) is 14.9. The summed E-state index contributed by atoms with van der Waals surface area (Å²) in [6.45, 7) is 17.2. The van der Waals surface area contributed by atoms with Gasteiger partial charge in [-0.25, -0.2) is 0 Å². The van der Waals surface area contributed by atoms with Crippen LogP contribution in [0.2, 0.25) is 0 Å². The monoisotopic (exact) mass is 456 g/mol. The molecule has 4 unspecified atom stereocenters. The van der Waals surface area contributed by atoms with Crippen LogP contribution in [-0.2, 0) is 0 Å². The van der Waals surface area contributed by atoms with Gasteiger partial charge in [0.25, 0.3) is 0 Å². The zero-order valence-electron chi connectivity index (χ0n) is 23.2. The fourth-order valence-electron chi connectivity index (χ4n) is 10.3. The highest BCUT2D eigenvalue weighted by Gasteiger charge is 2.61. The van der Waals surface area contributed by atoms with E-state index in [1.807, 2.05) is 0 Å². The van der Waals surface area contributed by atoms with Crippen molar-refractivity contribution in [3.8, 4) is 0 Å². The van der Waals surface area contributed by atoms with Gasteiger partial charge in [-0.1, -0.05) is 65.5 Å². The van der Waals surface area contributed by atoms with Gasteiger partial charge in [-0.2, -0.15) is 0 Å². The summed E-state index contributed by atoms with van der Waals surface area (Å²) in [6, 6.07) is 0. The Morgan fingerprint density at radius 1 is 0.879 bits per heavy atom. The summed E-state index contributed by atoms with van der Waals surface area (Å²) in [4.78, 5) is 0. The van der Waals surface area contributed by atoms with E-state index in [1.54, 1.807) is 0 Å². The fourth-order valence-corrected chi connectivity index (χ4v) is 10.3. The van der Waals surface area contributed by atoms with Gasteiger partial charge in [0.1, 0.15) is 0 Å². The summed E-state index contributed by atoms with van der Waals surface area (Å²) in [6.07, 6.45) is 18.6. The molecule has 4 saturated carbocycles. The van der Waals surface area contributed by atoms with E-state index in [2.05, 4.69) is 54.5 Å². The molecule has 1 N–H and O–H groups in total. The Labute approximate surface area is 206 Å². The van der Waals surface area contributed by atoms with E-state index < -0.39 is 0 Å². The lowest BCUT2D eigenvalue weighted by molar-refractivity contribution is -0.152. The fraction of sp³-hybridized carbons (Fsp3) is 0.938. The van der Waals surface area contributed by atoms with Crippen molar-refractivity contribution in [2.45, 2.75) is 132 Å². The molecule has 33 heavy (non-hydrogen) atoms. The smallest absolute Gasteiger partial charge is 0.0574 e. The number of hydrogen-bond acceptors (Lipinski definition) is 1. The third kappa shape index (κ3) is 4.63. The van der Waals surface area contributed by atoms with E-state index in [-0.39, 0.29) is 6.10 Å². The average Bonchev–Trinajstić information content (AvgIpc) is 3.13. The van der Waals surface area contributed by atoms with E-state index in [1.165, 1.54) is 69.8 Å². The van der Waals surface area contributed by atoms with Gasteiger partial charge in [0, 0.05) is 0 Å². The van der Waals surface area contributed by atoms with E-state index in [4.69, 9.17) is 0 Å². The molecule has 0 aromatic carbocycles. The first kappa shape index (κ1) is 25.8. The second-order valence-electron chi connectivity index (χ2n) is 14.2. The van der Waals surface area contributed by atoms with Gasteiger partial charge in [0.05, 0.1) is 6.10 Å². The third-order valence-corrected chi connectivity index (χ3v) is 12.2. The minimum atomic E-state index is -0.0778. The second-order valence-corrected chi connectivity index (χ2v) is 14.2. The zero-order chi connectivity index (χ0) is 24.0. The van der Waals surface area contributed by atoms with Crippen LogP contribution in [0.15, 0.2) is 11.6 Å². The molecule has 1 heteroatoms. The molecule has 0 aromatic rings. The SMILES string of the molecule is C/C=C(\C)C[C@H]1C2CCC3C(CC[C@@]4(C)C3CC[C@@H]4[C@H](C)CCCC(C)C)[C@@]2(C)CC[C@H]1O. The van der Waals surface area contributed by atoms with E-state index in [0.717, 1.165) is 54.3 Å². The lowest BCUT2D eigenvalue weighted by Gasteiger charge is -2.63. The summed E-state index contributed by atoms with van der Waals surface area (Å²) < 4.78 is 0. The molecular formula is C32H56O. The zero-order valence-corrected chi connectivity index (χ0v) is 23.2. The average molecular weight is 457 g/mol. The van der Waals surface area contributed by atoms with Gasteiger partial charge < -0.3 is 5.11 Å². The summed E-state index contributed by atoms with van der Waals surface area (Å²) in [7, 11) is 0. The van der Waals surface area contributed by atoms with Crippen LogP contribution in [0.25, 0.3) is 0 Å². The maximum absolute atomic E-state index is 11.0. The number of aliphatic hydroxyl groups excluding tert-OH is 1. The topological polar surface area (TPSA) is 20.2 Å². The van der Waals surface area contributed by atoms with Gasteiger partial charge in [-0.3, -0.25) is 0 Å². The maximum atomic E-state index is 11.0. The van der Waals surface area contributed by atoms with Crippen molar-refractivity contribution >= 4 is 0 Å². The maximum Gasteiger partial charge on any atom is 0.0574 e. The predicted molar refractivity (Wildman–Crippen MR) is 142 cm³/mol. The van der Waals surface area contributed by atoms with Crippen LogP contribution < -0.4 is 0 Å². The Hall–Kier alpha value is -0.300. The quantitative estimate of drug-likeness (QED) is 0.379. The van der Waals surface area contributed by atoms with Crippen molar-refractivity contribution in [2.75, 3.05) is 0 Å². The van der Waals surface area contributed by atoms with Crippen LogP contribution in [0, 0.1) is 58.2 Å². The Balaban J connectivity index is 1.49. The standard InChI is InChI=1S/C32H56O/c1-8-22(4)20-25-28-13-12-24-27-15-14-26(23(5)11-9-10-21(2)3)31(27,6)18-16-29(24)32(28,7)19-17-30(25)33/h8,21,23-30,33H,9-20H2,1-7H3/b22-8+/t23-,24?,25+,26-,27?,28?,29?,30-,31-,32+/m1/s1. The summed E-state index contributed by atoms with van der Waals surface area (Å²) >= 11 is 0. The number of rotatable bonds is 7. The van der Waals surface area contributed by atoms with Crippen LogP contribution in [0.4, 0.5) is 0 Å². The van der Waals surface area contributed by atoms with Gasteiger partial charge in [-0.15, -0.1) is 0 Å². The highest BCUT2D eigenvalue weighted by Crippen LogP contribution is 2.69. The molecule has 0 aromatic heterocycles. The van der Waals surface area contributed by atoms with Gasteiger partial charge in [0.15, 0.2) is 0 Å². The van der Waals surface area contributed by atoms with Gasteiger partial charge in [-0.05, 0) is 130 Å². The van der Waals surface area contributed by atoms with Crippen LogP contribution in [-0.4, -0.2) is 11.2 Å². The molecular weight excluding hydrogens is 400 g/mol. The molecule has 0 amide bonds. The Morgan fingerprint density at radius 3 is 2.24 bits per heavy atom. The van der Waals surface area contributed by atoms with Crippen molar-refractivity contribution < 1.29 is 5.11 Å². The highest BCUT2D eigenvalue weighted by atomic mass is 16.3. The number of hydrogen-bond donors (Lipinski definition) is 1. The minimum Gasteiger partial charge on any atom is -0.393 e. The molecule has 4 rings (SSSR count). The van der Waals surface area contributed by atoms with Crippen LogP contribution in [0.5, 0.6) is 0 Å². The second kappa shape index (κ2) is 9.99. The minimum absolute atomic E-state index is 0.0778. The van der Waals surface area contributed by atoms with Crippen molar-refractivity contribution in [1.29, 1.82) is 0 Å². The molecule has 0 spiro atoms. The van der Waals surface area contributed by atoms with Crippen molar-refractivity contribution in [2.24, 2.45) is 58.2 Å². The van der Waals surface area contributed by atoms with Gasteiger partial charge in [0.2, 0.25) is 0 Å². The largest absolute Gasteiger partial charge is 0.393 e. The third-order valence-electron chi connectivity index (χ3n) is 12.2. The molecule has 0 bridgehead atoms. The van der Waals surface area contributed by atoms with Crippen LogP contribution >= 0.6 is 0 Å². The molecule has 4 aliphatic carbocycles. The van der Waals surface area contributed by atoms with E-state index >= 15 is 0 Å². The van der Waals surface area contributed by atoms with Crippen LogP contribution in [0.1, 0.15) is 126 Å². The van der Waals surface area contributed by atoms with Crippen molar-refractivity contribution in [3.05, 3.63) is 11.6 Å². The Kier molecular flexibility index (Phi) is 7.80. The van der Waals surface area contributed by atoms with Crippen molar-refractivity contribution in [1.82, 2.24) is 0 Å². The van der Waals surface area contributed by atoms with Crippen molar-refractivity contribution in [3.63, 3.8) is 0 Å². The molecule has 190 valence electrons. The highest BCUT2D eigenvalue weighted by molar-refractivity contribution is 5.12. The van der Waals surface area contributed by atoms with Crippen LogP contribution in [0.3, 0.4) is 0 Å². The lowest BCUT2D eigenvalue weighted by Crippen LogP contribution is -2.56. The molecule has 4 fully saturated rings. The molecule has 1 nitrogen and oxygen atoms in total. The molecule has 10 atom stereocenters. The first-order valence-electron chi connectivity index (χ1n) is 14.9. The normalized spacial score (nSPS) is 46.6. The molecule has 4 aliphatic rings.